The van der Waals surface area contributed by atoms with E-state index in [2.05, 4.69) is 29.3 Å². The highest BCUT2D eigenvalue weighted by Crippen LogP contribution is 2.30. The minimum atomic E-state index is -0.540. The van der Waals surface area contributed by atoms with E-state index in [1.165, 1.54) is 12.5 Å². The average Bonchev–Trinajstić information content (AvgIpc) is 2.77. The van der Waals surface area contributed by atoms with Gasteiger partial charge in [-0.05, 0) is 48.8 Å². The number of primary amides is 1. The van der Waals surface area contributed by atoms with Gasteiger partial charge in [-0.25, -0.2) is 0 Å². The third kappa shape index (κ3) is 7.99. The number of rotatable bonds is 12. The fourth-order valence-corrected chi connectivity index (χ4v) is 3.80. The van der Waals surface area contributed by atoms with Crippen LogP contribution in [0.25, 0.3) is 12.2 Å². The van der Waals surface area contributed by atoms with E-state index in [4.69, 9.17) is 5.73 Å². The number of unbranched alkanes of at least 4 members (excludes halogenated alkanes) is 1. The fraction of sp³-hybridized carbons (Fsp3) is 0.370. The zero-order valence-electron chi connectivity index (χ0n) is 20.1. The fourth-order valence-electron chi connectivity index (χ4n) is 3.80. The molecule has 0 aromatic heterocycles. The van der Waals surface area contributed by atoms with Crippen molar-refractivity contribution in [2.45, 2.75) is 45.6 Å². The van der Waals surface area contributed by atoms with Crippen LogP contribution in [0.1, 0.15) is 71.6 Å². The van der Waals surface area contributed by atoms with Gasteiger partial charge in [-0.3, -0.25) is 14.4 Å². The second kappa shape index (κ2) is 12.7. The van der Waals surface area contributed by atoms with Crippen LogP contribution in [-0.4, -0.2) is 43.1 Å². The number of hydrogen-bond donors (Lipinski definition) is 2. The Morgan fingerprint density at radius 3 is 2.33 bits per heavy atom. The molecule has 1 atom stereocenters. The summed E-state index contributed by atoms with van der Waals surface area (Å²) in [6.45, 7) is 4.27. The molecule has 2 aromatic rings. The summed E-state index contributed by atoms with van der Waals surface area (Å²) in [7, 11) is 4.05. The van der Waals surface area contributed by atoms with Crippen LogP contribution in [0.3, 0.4) is 0 Å². The van der Waals surface area contributed by atoms with Gasteiger partial charge in [0.15, 0.2) is 5.78 Å². The lowest BCUT2D eigenvalue weighted by molar-refractivity contribution is -0.124. The number of nitrogens with one attached hydrogen (secondary N) is 1. The number of Topliss-reactive ketones (excluding diaryl/α,β-unsaturated/α-hetero) is 1. The summed E-state index contributed by atoms with van der Waals surface area (Å²) in [6.07, 6.45) is 6.22. The lowest BCUT2D eigenvalue weighted by Crippen LogP contribution is -2.31. The normalized spacial score (nSPS) is 12.2. The maximum Gasteiger partial charge on any atom is 0.249 e. The average molecular weight is 450 g/mol. The smallest absolute Gasteiger partial charge is 0.249 e. The predicted octanol–water partition coefficient (Wildman–Crippen LogP) is 4.00. The van der Waals surface area contributed by atoms with Crippen molar-refractivity contribution in [3.05, 3.63) is 70.3 Å². The highest BCUT2D eigenvalue weighted by Gasteiger charge is 2.24. The van der Waals surface area contributed by atoms with Crippen LogP contribution in [-0.2, 0) is 16.1 Å². The summed E-state index contributed by atoms with van der Waals surface area (Å²) >= 11 is 0. The number of amides is 2. The van der Waals surface area contributed by atoms with Crippen LogP contribution in [0.15, 0.2) is 42.5 Å². The molecule has 6 heteroatoms. The molecule has 0 spiro atoms. The molecule has 33 heavy (non-hydrogen) atoms. The van der Waals surface area contributed by atoms with Crippen molar-refractivity contribution < 1.29 is 14.4 Å². The van der Waals surface area contributed by atoms with Gasteiger partial charge in [-0.2, -0.15) is 0 Å². The van der Waals surface area contributed by atoms with Crippen LogP contribution in [0.5, 0.6) is 0 Å². The van der Waals surface area contributed by atoms with E-state index in [9.17, 15) is 14.4 Å². The minimum Gasteiger partial charge on any atom is -0.366 e. The van der Waals surface area contributed by atoms with Crippen molar-refractivity contribution in [1.82, 2.24) is 10.2 Å². The van der Waals surface area contributed by atoms with Gasteiger partial charge in [0.25, 0.3) is 0 Å². The van der Waals surface area contributed by atoms with E-state index in [1.807, 2.05) is 44.4 Å². The number of carbonyl (C=O) groups is 3. The number of hydrogen-bond acceptors (Lipinski definition) is 4. The first-order valence-corrected chi connectivity index (χ1v) is 11.3. The highest BCUT2D eigenvalue weighted by molar-refractivity contribution is 5.99. The van der Waals surface area contributed by atoms with Gasteiger partial charge in [-0.15, -0.1) is 0 Å². The monoisotopic (exact) mass is 449 g/mol. The molecule has 1 unspecified atom stereocenters. The Hall–Kier alpha value is -3.25. The van der Waals surface area contributed by atoms with E-state index in [0.717, 1.165) is 30.5 Å². The van der Waals surface area contributed by atoms with Gasteiger partial charge in [0.05, 0.1) is 6.54 Å². The summed E-state index contributed by atoms with van der Waals surface area (Å²) in [4.78, 5) is 38.7. The zero-order valence-corrected chi connectivity index (χ0v) is 20.1. The van der Waals surface area contributed by atoms with Crippen molar-refractivity contribution in [3.63, 3.8) is 0 Å². The summed E-state index contributed by atoms with van der Waals surface area (Å²) in [5.41, 5.74) is 9.65. The maximum atomic E-state index is 13.0. The van der Waals surface area contributed by atoms with E-state index < -0.39 is 11.8 Å². The number of nitrogens with two attached hydrogens (primary N) is 1. The molecular weight excluding hydrogens is 414 g/mol. The first-order valence-electron chi connectivity index (χ1n) is 11.3. The molecule has 3 N–H and O–H groups in total. The maximum absolute atomic E-state index is 13.0. The van der Waals surface area contributed by atoms with Gasteiger partial charge < -0.3 is 16.0 Å². The Morgan fingerprint density at radius 1 is 1.06 bits per heavy atom. The van der Waals surface area contributed by atoms with Gasteiger partial charge in [0.2, 0.25) is 11.8 Å². The summed E-state index contributed by atoms with van der Waals surface area (Å²) in [6, 6.07) is 13.5. The molecule has 0 fully saturated rings. The Balaban J connectivity index is 2.45. The lowest BCUT2D eigenvalue weighted by atomic mass is 9.84. The van der Waals surface area contributed by atoms with E-state index in [-0.39, 0.29) is 18.2 Å². The van der Waals surface area contributed by atoms with Crippen molar-refractivity contribution in [1.29, 1.82) is 0 Å². The second-order valence-electron chi connectivity index (χ2n) is 8.56. The van der Waals surface area contributed by atoms with Crippen LogP contribution >= 0.6 is 0 Å². The van der Waals surface area contributed by atoms with Crippen molar-refractivity contribution >= 4 is 29.7 Å². The third-order valence-electron chi connectivity index (χ3n) is 5.45. The van der Waals surface area contributed by atoms with Crippen molar-refractivity contribution in [3.8, 4) is 0 Å². The number of ketones is 1. The van der Waals surface area contributed by atoms with E-state index in [0.29, 0.717) is 17.5 Å². The standard InChI is InChI=1S/C27H35N3O3/c1-5-6-8-24(26(32)17-29-19(2)31)22-9-7-10-25(27(28)33)23(22)16-15-20-11-13-21(14-12-20)18-30(3)4/h7,9-16,24H,5-6,8,17-18H2,1-4H3,(H2,28,33)(H,29,31). The minimum absolute atomic E-state index is 0.0407. The predicted molar refractivity (Wildman–Crippen MR) is 134 cm³/mol. The molecule has 0 aliphatic carbocycles. The molecule has 0 saturated heterocycles. The van der Waals surface area contributed by atoms with E-state index >= 15 is 0 Å². The van der Waals surface area contributed by atoms with Gasteiger partial charge in [0.1, 0.15) is 0 Å². The molecule has 6 nitrogen and oxygen atoms in total. The Labute approximate surface area is 196 Å². The van der Waals surface area contributed by atoms with E-state index in [1.54, 1.807) is 12.1 Å². The SMILES string of the molecule is CCCCC(C(=O)CNC(C)=O)c1cccc(C(N)=O)c1C=Cc1ccc(CN(C)C)cc1. The van der Waals surface area contributed by atoms with Crippen LogP contribution in [0.2, 0.25) is 0 Å². The molecule has 0 saturated carbocycles. The van der Waals surface area contributed by atoms with Gasteiger partial charge in [-0.1, -0.05) is 68.3 Å². The Morgan fingerprint density at radius 2 is 1.76 bits per heavy atom. The molecular formula is C27H35N3O3. The molecule has 2 rings (SSSR count). The van der Waals surface area contributed by atoms with Crippen LogP contribution < -0.4 is 11.1 Å². The van der Waals surface area contributed by atoms with Gasteiger partial charge >= 0.3 is 0 Å². The lowest BCUT2D eigenvalue weighted by Gasteiger charge is -2.20. The second-order valence-corrected chi connectivity index (χ2v) is 8.56. The Bertz CT molecular complexity index is 994. The summed E-state index contributed by atoms with van der Waals surface area (Å²) in [5, 5.41) is 2.60. The molecule has 0 aliphatic rings. The topological polar surface area (TPSA) is 92.5 Å². The molecule has 0 heterocycles. The number of nitrogens with zero attached hydrogens (tertiary/aromatic N) is 1. The quantitative estimate of drug-likeness (QED) is 0.479. The van der Waals surface area contributed by atoms with Crippen molar-refractivity contribution in [2.24, 2.45) is 5.73 Å². The molecule has 0 bridgehead atoms. The third-order valence-corrected chi connectivity index (χ3v) is 5.45. The molecule has 0 radical (unpaired) electrons. The van der Waals surface area contributed by atoms with Crippen molar-refractivity contribution in [2.75, 3.05) is 20.6 Å². The molecule has 176 valence electrons. The van der Waals surface area contributed by atoms with Crippen LogP contribution in [0, 0.1) is 0 Å². The van der Waals surface area contributed by atoms with Gasteiger partial charge in [0, 0.05) is 24.9 Å². The molecule has 0 aliphatic heterocycles. The number of benzene rings is 2. The van der Waals surface area contributed by atoms with Crippen LogP contribution in [0.4, 0.5) is 0 Å². The first kappa shape index (κ1) is 26.0. The summed E-state index contributed by atoms with van der Waals surface area (Å²) in [5.74, 6) is -1.30. The Kier molecular flexibility index (Phi) is 10.0. The largest absolute Gasteiger partial charge is 0.366 e. The molecule has 2 amide bonds. The zero-order chi connectivity index (χ0) is 24.4. The molecule has 2 aromatic carbocycles. The first-order chi connectivity index (χ1) is 15.7. The number of carbonyl (C=O) groups excluding carboxylic acids is 3. The highest BCUT2D eigenvalue weighted by atomic mass is 16.2. The summed E-state index contributed by atoms with van der Waals surface area (Å²) < 4.78 is 0.